The van der Waals surface area contributed by atoms with Crippen molar-refractivity contribution >= 4 is 18.3 Å². The van der Waals surface area contributed by atoms with E-state index in [2.05, 4.69) is 17.4 Å². The van der Waals surface area contributed by atoms with Crippen molar-refractivity contribution in [1.82, 2.24) is 5.32 Å². The summed E-state index contributed by atoms with van der Waals surface area (Å²) in [5.41, 5.74) is 7.17. The summed E-state index contributed by atoms with van der Waals surface area (Å²) in [6.07, 6.45) is 5.98. The molecule has 2 unspecified atom stereocenters. The highest BCUT2D eigenvalue weighted by molar-refractivity contribution is 5.85. The quantitative estimate of drug-likeness (QED) is 0.878. The fourth-order valence-corrected chi connectivity index (χ4v) is 2.77. The van der Waals surface area contributed by atoms with Crippen molar-refractivity contribution in [3.63, 3.8) is 0 Å². The summed E-state index contributed by atoms with van der Waals surface area (Å²) in [5.74, 6) is 0.729. The summed E-state index contributed by atoms with van der Waals surface area (Å²) >= 11 is 0. The number of carbonyl (C=O) groups excluding carboxylic acids is 1. The third kappa shape index (κ3) is 5.93. The van der Waals surface area contributed by atoms with Gasteiger partial charge in [0, 0.05) is 19.0 Å². The number of amides is 1. The molecule has 3 N–H and O–H groups in total. The Hall–Kier alpha value is -1.06. The van der Waals surface area contributed by atoms with Crippen LogP contribution in [0.5, 0.6) is 0 Å². The van der Waals surface area contributed by atoms with Crippen LogP contribution in [-0.2, 0) is 11.2 Å². The molecular formula is C16H25ClN2O. The van der Waals surface area contributed by atoms with Gasteiger partial charge in [-0.3, -0.25) is 4.79 Å². The van der Waals surface area contributed by atoms with Gasteiger partial charge in [0.05, 0.1) is 0 Å². The van der Waals surface area contributed by atoms with Crippen LogP contribution in [0.3, 0.4) is 0 Å². The molecule has 1 aromatic rings. The number of benzene rings is 1. The first-order valence-electron chi connectivity index (χ1n) is 7.30. The maximum atomic E-state index is 11.8. The lowest BCUT2D eigenvalue weighted by Crippen LogP contribution is -2.35. The van der Waals surface area contributed by atoms with Gasteiger partial charge in [-0.15, -0.1) is 12.4 Å². The second-order valence-corrected chi connectivity index (χ2v) is 5.58. The molecule has 0 aliphatic heterocycles. The number of aryl methyl sites for hydroxylation is 1. The van der Waals surface area contributed by atoms with Crippen LogP contribution >= 0.6 is 12.4 Å². The standard InChI is InChI=1S/C16H24N2O.ClH/c17-15-8-4-7-14(11-15)12-18-16(19)10-9-13-5-2-1-3-6-13;/h1-3,5-6,14-15H,4,7-12,17H2,(H,18,19);1H. The van der Waals surface area contributed by atoms with E-state index in [0.29, 0.717) is 18.4 Å². The van der Waals surface area contributed by atoms with E-state index in [-0.39, 0.29) is 18.3 Å². The molecule has 1 amide bonds. The first-order chi connectivity index (χ1) is 9.24. The van der Waals surface area contributed by atoms with E-state index in [1.165, 1.54) is 18.4 Å². The number of carbonyl (C=O) groups is 1. The molecule has 4 heteroatoms. The van der Waals surface area contributed by atoms with Crippen LogP contribution in [0.25, 0.3) is 0 Å². The Morgan fingerprint density at radius 1 is 1.25 bits per heavy atom. The smallest absolute Gasteiger partial charge is 0.220 e. The summed E-state index contributed by atoms with van der Waals surface area (Å²) in [6.45, 7) is 0.793. The normalized spacial score (nSPS) is 21.9. The van der Waals surface area contributed by atoms with Gasteiger partial charge in [-0.2, -0.15) is 0 Å². The minimum absolute atomic E-state index is 0. The van der Waals surface area contributed by atoms with Gasteiger partial charge in [0.25, 0.3) is 0 Å². The molecule has 1 aromatic carbocycles. The highest BCUT2D eigenvalue weighted by atomic mass is 35.5. The van der Waals surface area contributed by atoms with Crippen molar-refractivity contribution in [1.29, 1.82) is 0 Å². The topological polar surface area (TPSA) is 55.1 Å². The predicted molar refractivity (Wildman–Crippen MR) is 85.0 cm³/mol. The molecule has 2 atom stereocenters. The first kappa shape index (κ1) is 17.0. The van der Waals surface area contributed by atoms with Crippen LogP contribution < -0.4 is 11.1 Å². The van der Waals surface area contributed by atoms with Crippen molar-refractivity contribution < 1.29 is 4.79 Å². The molecule has 0 heterocycles. The minimum Gasteiger partial charge on any atom is -0.356 e. The molecule has 1 saturated carbocycles. The molecule has 0 radical (unpaired) electrons. The summed E-state index contributed by atoms with van der Waals surface area (Å²) in [7, 11) is 0. The maximum Gasteiger partial charge on any atom is 0.220 e. The average Bonchev–Trinajstić information content (AvgIpc) is 2.44. The lowest BCUT2D eigenvalue weighted by atomic mass is 9.86. The molecule has 1 aliphatic carbocycles. The third-order valence-electron chi connectivity index (χ3n) is 3.89. The maximum absolute atomic E-state index is 11.8. The summed E-state index contributed by atoms with van der Waals surface area (Å²) in [4.78, 5) is 11.8. The first-order valence-corrected chi connectivity index (χ1v) is 7.30. The Morgan fingerprint density at radius 3 is 2.70 bits per heavy atom. The van der Waals surface area contributed by atoms with Gasteiger partial charge in [-0.05, 0) is 37.2 Å². The highest BCUT2D eigenvalue weighted by Crippen LogP contribution is 2.22. The van der Waals surface area contributed by atoms with Crippen molar-refractivity contribution in [2.45, 2.75) is 44.6 Å². The highest BCUT2D eigenvalue weighted by Gasteiger charge is 2.19. The number of rotatable bonds is 5. The molecule has 2 rings (SSSR count). The van der Waals surface area contributed by atoms with Crippen molar-refractivity contribution in [2.75, 3.05) is 6.54 Å². The number of nitrogens with one attached hydrogen (secondary N) is 1. The Bertz CT molecular complexity index is 397. The monoisotopic (exact) mass is 296 g/mol. The lowest BCUT2D eigenvalue weighted by molar-refractivity contribution is -0.121. The number of halogens is 1. The molecule has 20 heavy (non-hydrogen) atoms. The fourth-order valence-electron chi connectivity index (χ4n) is 2.77. The van der Waals surface area contributed by atoms with E-state index in [1.807, 2.05) is 18.2 Å². The van der Waals surface area contributed by atoms with Crippen LogP contribution in [-0.4, -0.2) is 18.5 Å². The van der Waals surface area contributed by atoms with E-state index >= 15 is 0 Å². The average molecular weight is 297 g/mol. The van der Waals surface area contributed by atoms with E-state index < -0.39 is 0 Å². The van der Waals surface area contributed by atoms with Gasteiger partial charge in [-0.25, -0.2) is 0 Å². The largest absolute Gasteiger partial charge is 0.356 e. The SMILES string of the molecule is Cl.NC1CCCC(CNC(=O)CCc2ccccc2)C1. The zero-order valence-electron chi connectivity index (χ0n) is 11.9. The Kier molecular flexibility index (Phi) is 7.63. The van der Waals surface area contributed by atoms with Crippen molar-refractivity contribution in [3.8, 4) is 0 Å². The van der Waals surface area contributed by atoms with Gasteiger partial charge in [0.1, 0.15) is 0 Å². The van der Waals surface area contributed by atoms with Crippen molar-refractivity contribution in [2.24, 2.45) is 11.7 Å². The second-order valence-electron chi connectivity index (χ2n) is 5.58. The third-order valence-corrected chi connectivity index (χ3v) is 3.89. The van der Waals surface area contributed by atoms with Crippen LogP contribution in [0.4, 0.5) is 0 Å². The van der Waals surface area contributed by atoms with Crippen LogP contribution in [0.1, 0.15) is 37.7 Å². The molecule has 1 aliphatic rings. The number of hydrogen-bond donors (Lipinski definition) is 2. The zero-order valence-corrected chi connectivity index (χ0v) is 12.7. The van der Waals surface area contributed by atoms with Gasteiger partial charge >= 0.3 is 0 Å². The summed E-state index contributed by atoms with van der Waals surface area (Å²) < 4.78 is 0. The molecular weight excluding hydrogens is 272 g/mol. The molecule has 0 aromatic heterocycles. The molecule has 112 valence electrons. The minimum atomic E-state index is 0. The van der Waals surface area contributed by atoms with E-state index in [4.69, 9.17) is 5.73 Å². The van der Waals surface area contributed by atoms with Crippen LogP contribution in [0.2, 0.25) is 0 Å². The Morgan fingerprint density at radius 2 is 2.00 bits per heavy atom. The molecule has 0 spiro atoms. The van der Waals surface area contributed by atoms with Gasteiger partial charge in [0.15, 0.2) is 0 Å². The Labute approximate surface area is 127 Å². The van der Waals surface area contributed by atoms with E-state index in [0.717, 1.165) is 25.8 Å². The second kappa shape index (κ2) is 8.98. The molecule has 1 fully saturated rings. The molecule has 0 saturated heterocycles. The predicted octanol–water partition coefficient (Wildman–Crippen LogP) is 2.67. The molecule has 3 nitrogen and oxygen atoms in total. The lowest BCUT2D eigenvalue weighted by Gasteiger charge is -2.26. The summed E-state index contributed by atoms with van der Waals surface area (Å²) in [6, 6.07) is 10.5. The van der Waals surface area contributed by atoms with Gasteiger partial charge < -0.3 is 11.1 Å². The van der Waals surface area contributed by atoms with E-state index in [1.54, 1.807) is 0 Å². The molecule has 0 bridgehead atoms. The van der Waals surface area contributed by atoms with Crippen LogP contribution in [0.15, 0.2) is 30.3 Å². The fraction of sp³-hybridized carbons (Fsp3) is 0.562. The van der Waals surface area contributed by atoms with Gasteiger partial charge in [-0.1, -0.05) is 36.8 Å². The summed E-state index contributed by atoms with van der Waals surface area (Å²) in [5, 5.41) is 3.05. The van der Waals surface area contributed by atoms with Crippen LogP contribution in [0, 0.1) is 5.92 Å². The Balaban J connectivity index is 0.00000200. The number of hydrogen-bond acceptors (Lipinski definition) is 2. The zero-order chi connectivity index (χ0) is 13.5. The van der Waals surface area contributed by atoms with E-state index in [9.17, 15) is 4.79 Å². The van der Waals surface area contributed by atoms with Crippen molar-refractivity contribution in [3.05, 3.63) is 35.9 Å². The number of nitrogens with two attached hydrogens (primary N) is 1. The van der Waals surface area contributed by atoms with Gasteiger partial charge in [0.2, 0.25) is 5.91 Å².